The van der Waals surface area contributed by atoms with E-state index in [0.717, 1.165) is 0 Å². The zero-order chi connectivity index (χ0) is 11.3. The van der Waals surface area contributed by atoms with Gasteiger partial charge in [0.15, 0.2) is 0 Å². The summed E-state index contributed by atoms with van der Waals surface area (Å²) in [5.74, 6) is -1.13. The van der Waals surface area contributed by atoms with Gasteiger partial charge in [-0.25, -0.2) is 4.98 Å². The van der Waals surface area contributed by atoms with Crippen molar-refractivity contribution in [2.45, 2.75) is 26.2 Å². The van der Waals surface area contributed by atoms with E-state index in [1.165, 1.54) is 12.4 Å². The summed E-state index contributed by atoms with van der Waals surface area (Å²) >= 11 is 0. The predicted molar refractivity (Wildman–Crippen MR) is 53.9 cm³/mol. The number of aromatic nitrogens is 2. The molecule has 0 aromatic carbocycles. The van der Waals surface area contributed by atoms with E-state index in [1.54, 1.807) is 6.92 Å². The normalized spacial score (nSPS) is 12.1. The average molecular weight is 210 g/mol. The largest absolute Gasteiger partial charge is 0.481 e. The summed E-state index contributed by atoms with van der Waals surface area (Å²) < 4.78 is 5.15. The van der Waals surface area contributed by atoms with Crippen LogP contribution in [0.4, 0.5) is 0 Å². The topological polar surface area (TPSA) is 72.3 Å². The lowest BCUT2D eigenvalue weighted by atomic mass is 10.0. The molecule has 0 amide bonds. The van der Waals surface area contributed by atoms with Crippen LogP contribution in [0, 0.1) is 0 Å². The molecule has 1 heterocycles. The number of carboxylic acids is 1. The predicted octanol–water partition coefficient (Wildman–Crippen LogP) is 1.45. The Kier molecular flexibility index (Phi) is 4.03. The van der Waals surface area contributed by atoms with Crippen LogP contribution in [0.15, 0.2) is 12.4 Å². The van der Waals surface area contributed by atoms with Crippen LogP contribution in [0.25, 0.3) is 0 Å². The van der Waals surface area contributed by atoms with Crippen molar-refractivity contribution in [3.63, 3.8) is 0 Å². The Morgan fingerprint density at radius 1 is 1.53 bits per heavy atom. The Bertz CT molecular complexity index is 341. The van der Waals surface area contributed by atoms with Crippen molar-refractivity contribution in [3.8, 4) is 5.88 Å². The molecule has 1 unspecified atom stereocenters. The molecule has 0 radical (unpaired) electrons. The Balaban J connectivity index is 2.92. The second-order valence-electron chi connectivity index (χ2n) is 3.01. The van der Waals surface area contributed by atoms with Gasteiger partial charge in [0.25, 0.3) is 0 Å². The van der Waals surface area contributed by atoms with Crippen LogP contribution in [-0.2, 0) is 4.79 Å². The van der Waals surface area contributed by atoms with Crippen molar-refractivity contribution in [1.82, 2.24) is 9.97 Å². The van der Waals surface area contributed by atoms with Gasteiger partial charge in [-0.05, 0) is 13.3 Å². The Hall–Kier alpha value is -1.65. The molecule has 0 aliphatic carbocycles. The first-order valence-electron chi connectivity index (χ1n) is 4.86. The first kappa shape index (κ1) is 11.4. The fourth-order valence-electron chi connectivity index (χ4n) is 1.26. The fraction of sp³-hybridized carbons (Fsp3) is 0.500. The highest BCUT2D eigenvalue weighted by Gasteiger charge is 2.19. The number of hydrogen-bond donors (Lipinski definition) is 1. The van der Waals surface area contributed by atoms with Crippen molar-refractivity contribution in [2.75, 3.05) is 6.61 Å². The van der Waals surface area contributed by atoms with Gasteiger partial charge in [0.05, 0.1) is 18.5 Å². The third-order valence-corrected chi connectivity index (χ3v) is 1.99. The molecule has 1 rings (SSSR count). The highest BCUT2D eigenvalue weighted by Crippen LogP contribution is 2.18. The number of rotatable bonds is 5. The molecule has 1 atom stereocenters. The van der Waals surface area contributed by atoms with Crippen molar-refractivity contribution >= 4 is 5.97 Å². The van der Waals surface area contributed by atoms with E-state index in [9.17, 15) is 4.79 Å². The van der Waals surface area contributed by atoms with Crippen LogP contribution in [0.5, 0.6) is 5.88 Å². The minimum Gasteiger partial charge on any atom is -0.481 e. The molecule has 1 N–H and O–H groups in total. The maximum absolute atomic E-state index is 10.9. The second-order valence-corrected chi connectivity index (χ2v) is 3.01. The van der Waals surface area contributed by atoms with Crippen LogP contribution in [0.2, 0.25) is 0 Å². The quantitative estimate of drug-likeness (QED) is 0.796. The number of aliphatic carboxylic acids is 1. The molecule has 0 bridgehead atoms. The van der Waals surface area contributed by atoms with Gasteiger partial charge in [-0.2, -0.15) is 0 Å². The third-order valence-electron chi connectivity index (χ3n) is 1.99. The maximum atomic E-state index is 10.9. The molecule has 82 valence electrons. The average Bonchev–Trinajstić information content (AvgIpc) is 2.19. The summed E-state index contributed by atoms with van der Waals surface area (Å²) in [7, 11) is 0. The molecule has 0 aliphatic heterocycles. The van der Waals surface area contributed by atoms with E-state index in [2.05, 4.69) is 9.97 Å². The first-order valence-corrected chi connectivity index (χ1v) is 4.86. The summed E-state index contributed by atoms with van der Waals surface area (Å²) in [4.78, 5) is 18.9. The molecule has 0 fully saturated rings. The maximum Gasteiger partial charge on any atom is 0.312 e. The van der Waals surface area contributed by atoms with E-state index >= 15 is 0 Å². The van der Waals surface area contributed by atoms with Crippen LogP contribution in [0.1, 0.15) is 31.9 Å². The van der Waals surface area contributed by atoms with Gasteiger partial charge in [0, 0.05) is 6.20 Å². The van der Waals surface area contributed by atoms with Crippen LogP contribution < -0.4 is 4.74 Å². The molecule has 5 nitrogen and oxygen atoms in total. The lowest BCUT2D eigenvalue weighted by Gasteiger charge is -2.09. The lowest BCUT2D eigenvalue weighted by molar-refractivity contribution is -0.138. The van der Waals surface area contributed by atoms with E-state index in [-0.39, 0.29) is 0 Å². The Morgan fingerprint density at radius 3 is 2.80 bits per heavy atom. The summed E-state index contributed by atoms with van der Waals surface area (Å²) in [6.45, 7) is 4.12. The Morgan fingerprint density at radius 2 is 2.27 bits per heavy atom. The van der Waals surface area contributed by atoms with Crippen molar-refractivity contribution in [3.05, 3.63) is 18.1 Å². The molecule has 0 saturated heterocycles. The SMILES string of the molecule is CCOc1cncc(C(CC)C(=O)O)n1. The Labute approximate surface area is 88.1 Å². The molecular formula is C10H14N2O3. The molecule has 15 heavy (non-hydrogen) atoms. The number of nitrogens with zero attached hydrogens (tertiary/aromatic N) is 2. The zero-order valence-corrected chi connectivity index (χ0v) is 8.80. The highest BCUT2D eigenvalue weighted by atomic mass is 16.5. The van der Waals surface area contributed by atoms with Crippen LogP contribution in [0.3, 0.4) is 0 Å². The third kappa shape index (κ3) is 2.90. The van der Waals surface area contributed by atoms with Crippen LogP contribution >= 0.6 is 0 Å². The second kappa shape index (κ2) is 5.29. The smallest absolute Gasteiger partial charge is 0.312 e. The van der Waals surface area contributed by atoms with E-state index in [0.29, 0.717) is 24.6 Å². The van der Waals surface area contributed by atoms with E-state index < -0.39 is 11.9 Å². The van der Waals surface area contributed by atoms with Gasteiger partial charge < -0.3 is 9.84 Å². The van der Waals surface area contributed by atoms with E-state index in [1.807, 2.05) is 6.92 Å². The zero-order valence-electron chi connectivity index (χ0n) is 8.80. The molecule has 1 aromatic rings. The number of hydrogen-bond acceptors (Lipinski definition) is 4. The van der Waals surface area contributed by atoms with Crippen molar-refractivity contribution in [1.29, 1.82) is 0 Å². The summed E-state index contributed by atoms with van der Waals surface area (Å²) in [5, 5.41) is 8.94. The molecular weight excluding hydrogens is 196 g/mol. The van der Waals surface area contributed by atoms with Gasteiger partial charge >= 0.3 is 5.97 Å². The fourth-order valence-corrected chi connectivity index (χ4v) is 1.26. The van der Waals surface area contributed by atoms with Gasteiger partial charge in [-0.3, -0.25) is 9.78 Å². The molecule has 0 spiro atoms. The number of ether oxygens (including phenoxy) is 1. The first-order chi connectivity index (χ1) is 7.19. The minimum atomic E-state index is -0.888. The summed E-state index contributed by atoms with van der Waals surface area (Å²) in [5.41, 5.74) is 0.441. The number of carboxylic acid groups (broad SMARTS) is 1. The monoisotopic (exact) mass is 210 g/mol. The molecule has 5 heteroatoms. The molecule has 1 aromatic heterocycles. The highest BCUT2D eigenvalue weighted by molar-refractivity contribution is 5.75. The van der Waals surface area contributed by atoms with Crippen LogP contribution in [-0.4, -0.2) is 27.7 Å². The summed E-state index contributed by atoms with van der Waals surface area (Å²) in [6.07, 6.45) is 3.42. The van der Waals surface area contributed by atoms with Gasteiger partial charge in [0.2, 0.25) is 5.88 Å². The van der Waals surface area contributed by atoms with Gasteiger partial charge in [-0.15, -0.1) is 0 Å². The van der Waals surface area contributed by atoms with E-state index in [4.69, 9.17) is 9.84 Å². The van der Waals surface area contributed by atoms with Crippen molar-refractivity contribution < 1.29 is 14.6 Å². The molecule has 0 saturated carbocycles. The van der Waals surface area contributed by atoms with Crippen molar-refractivity contribution in [2.24, 2.45) is 0 Å². The minimum absolute atomic E-state index is 0.370. The molecule has 0 aliphatic rings. The summed E-state index contributed by atoms with van der Waals surface area (Å²) in [6, 6.07) is 0. The van der Waals surface area contributed by atoms with Gasteiger partial charge in [-0.1, -0.05) is 6.92 Å². The standard InChI is InChI=1S/C10H14N2O3/c1-3-7(10(13)14)8-5-11-6-9(12-8)15-4-2/h5-7H,3-4H2,1-2H3,(H,13,14). The lowest BCUT2D eigenvalue weighted by Crippen LogP contribution is -2.13. The van der Waals surface area contributed by atoms with Gasteiger partial charge in [0.1, 0.15) is 5.92 Å². The number of carbonyl (C=O) groups is 1.